The van der Waals surface area contributed by atoms with Gasteiger partial charge in [-0.3, -0.25) is 4.79 Å². The van der Waals surface area contributed by atoms with Crippen LogP contribution in [0.4, 0.5) is 0 Å². The van der Waals surface area contributed by atoms with Crippen LogP contribution in [0.25, 0.3) is 0 Å². The van der Waals surface area contributed by atoms with Gasteiger partial charge in [-0.05, 0) is 0 Å². The predicted octanol–water partition coefficient (Wildman–Crippen LogP) is -0.313. The van der Waals surface area contributed by atoms with Gasteiger partial charge in [-0.15, -0.1) is 12.3 Å². The maximum Gasteiger partial charge on any atom is 0.329 e. The Labute approximate surface area is 71.3 Å². The fourth-order valence-electron chi connectivity index (χ4n) is 0.699. The molecule has 0 aliphatic rings. The minimum absolute atomic E-state index is 0.145. The number of amides is 1. The summed E-state index contributed by atoms with van der Waals surface area (Å²) in [6, 6.07) is -0.725. The van der Waals surface area contributed by atoms with Crippen molar-refractivity contribution in [2.45, 2.75) is 19.4 Å². The topological polar surface area (TPSA) is 55.4 Å². The molecule has 1 atom stereocenters. The van der Waals surface area contributed by atoms with Crippen molar-refractivity contribution in [3.05, 3.63) is 0 Å². The van der Waals surface area contributed by atoms with Crippen LogP contribution in [0.2, 0.25) is 0 Å². The molecule has 4 nitrogen and oxygen atoms in total. The molecule has 0 spiro atoms. The maximum absolute atomic E-state index is 10.9. The second-order valence-electron chi connectivity index (χ2n) is 2.18. The molecule has 0 aromatic heterocycles. The highest BCUT2D eigenvalue weighted by molar-refractivity contribution is 5.83. The first kappa shape index (κ1) is 10.5. The van der Waals surface area contributed by atoms with E-state index in [0.29, 0.717) is 0 Å². The summed E-state index contributed by atoms with van der Waals surface area (Å²) in [4.78, 5) is 21.5. The lowest BCUT2D eigenvalue weighted by molar-refractivity contribution is -0.144. The SMILES string of the molecule is C#CCC(NC(C)=O)C(=O)OC. The Hall–Kier alpha value is -1.50. The smallest absolute Gasteiger partial charge is 0.329 e. The van der Waals surface area contributed by atoms with Gasteiger partial charge in [0.1, 0.15) is 6.04 Å². The number of carbonyl (C=O) groups is 2. The van der Waals surface area contributed by atoms with Crippen molar-refractivity contribution < 1.29 is 14.3 Å². The normalized spacial score (nSPS) is 11.1. The van der Waals surface area contributed by atoms with Crippen molar-refractivity contribution >= 4 is 11.9 Å². The molecule has 0 heterocycles. The fourth-order valence-corrected chi connectivity index (χ4v) is 0.699. The lowest BCUT2D eigenvalue weighted by Crippen LogP contribution is -2.40. The van der Waals surface area contributed by atoms with Crippen LogP contribution in [-0.4, -0.2) is 25.0 Å². The second-order valence-corrected chi connectivity index (χ2v) is 2.18. The Morgan fingerprint density at radius 2 is 2.25 bits per heavy atom. The third-order valence-corrected chi connectivity index (χ3v) is 1.19. The van der Waals surface area contributed by atoms with E-state index < -0.39 is 12.0 Å². The molecule has 0 aliphatic carbocycles. The summed E-state index contributed by atoms with van der Waals surface area (Å²) in [6.45, 7) is 1.31. The molecule has 66 valence electrons. The highest BCUT2D eigenvalue weighted by Crippen LogP contribution is 1.93. The maximum atomic E-state index is 10.9. The molecule has 0 rings (SSSR count). The lowest BCUT2D eigenvalue weighted by Gasteiger charge is -2.11. The Balaban J connectivity index is 4.14. The fraction of sp³-hybridized carbons (Fsp3) is 0.500. The van der Waals surface area contributed by atoms with Crippen molar-refractivity contribution in [1.29, 1.82) is 0 Å². The van der Waals surface area contributed by atoms with Gasteiger partial charge in [-0.2, -0.15) is 0 Å². The van der Waals surface area contributed by atoms with Crippen LogP contribution in [0.3, 0.4) is 0 Å². The summed E-state index contributed by atoms with van der Waals surface area (Å²) in [6.07, 6.45) is 5.13. The van der Waals surface area contributed by atoms with E-state index in [1.807, 2.05) is 0 Å². The van der Waals surface area contributed by atoms with E-state index in [2.05, 4.69) is 16.0 Å². The summed E-state index contributed by atoms with van der Waals surface area (Å²) in [5.74, 6) is 1.44. The van der Waals surface area contributed by atoms with Crippen molar-refractivity contribution in [2.24, 2.45) is 0 Å². The number of nitrogens with one attached hydrogen (secondary N) is 1. The molecule has 4 heteroatoms. The standard InChI is InChI=1S/C8H11NO3/c1-4-5-7(8(11)12-3)9-6(2)10/h1,7H,5H2,2-3H3,(H,9,10). The van der Waals surface area contributed by atoms with Gasteiger partial charge in [0, 0.05) is 13.3 Å². The zero-order chi connectivity index (χ0) is 9.56. The summed E-state index contributed by atoms with van der Waals surface area (Å²) in [5.41, 5.74) is 0. The van der Waals surface area contributed by atoms with Gasteiger partial charge in [-0.1, -0.05) is 0 Å². The second kappa shape index (κ2) is 5.19. The number of esters is 1. The molecule has 1 amide bonds. The van der Waals surface area contributed by atoms with Crippen LogP contribution in [-0.2, 0) is 14.3 Å². The highest BCUT2D eigenvalue weighted by Gasteiger charge is 2.18. The molecule has 0 saturated heterocycles. The molecule has 0 aromatic carbocycles. The summed E-state index contributed by atoms with van der Waals surface area (Å²) < 4.78 is 4.42. The predicted molar refractivity (Wildman–Crippen MR) is 43.1 cm³/mol. The Morgan fingerprint density at radius 3 is 2.58 bits per heavy atom. The highest BCUT2D eigenvalue weighted by atomic mass is 16.5. The van der Waals surface area contributed by atoms with Gasteiger partial charge in [0.25, 0.3) is 0 Å². The largest absolute Gasteiger partial charge is 0.467 e. The zero-order valence-corrected chi connectivity index (χ0v) is 7.09. The van der Waals surface area contributed by atoms with Crippen LogP contribution >= 0.6 is 0 Å². The van der Waals surface area contributed by atoms with Crippen LogP contribution in [0.1, 0.15) is 13.3 Å². The number of ether oxygens (including phenoxy) is 1. The minimum atomic E-state index is -0.725. The lowest BCUT2D eigenvalue weighted by atomic mass is 10.2. The quantitative estimate of drug-likeness (QED) is 0.465. The molecule has 0 fully saturated rings. The molecule has 1 N–H and O–H groups in total. The zero-order valence-electron chi connectivity index (χ0n) is 7.09. The van der Waals surface area contributed by atoms with Crippen molar-refractivity contribution in [1.82, 2.24) is 5.32 Å². The molecule has 0 aliphatic heterocycles. The first-order valence-electron chi connectivity index (χ1n) is 3.40. The van der Waals surface area contributed by atoms with Crippen LogP contribution in [0.5, 0.6) is 0 Å². The molecule has 12 heavy (non-hydrogen) atoms. The molecule has 0 radical (unpaired) electrons. The van der Waals surface area contributed by atoms with Gasteiger partial charge < -0.3 is 10.1 Å². The average molecular weight is 169 g/mol. The number of carbonyl (C=O) groups excluding carboxylic acids is 2. The van der Waals surface area contributed by atoms with Crippen LogP contribution < -0.4 is 5.32 Å². The Kier molecular flexibility index (Phi) is 4.54. The van der Waals surface area contributed by atoms with Gasteiger partial charge in [-0.25, -0.2) is 4.79 Å². The Morgan fingerprint density at radius 1 is 1.67 bits per heavy atom. The summed E-state index contributed by atoms with van der Waals surface area (Å²) >= 11 is 0. The number of methoxy groups -OCH3 is 1. The number of terminal acetylenes is 1. The van der Waals surface area contributed by atoms with Crippen molar-refractivity contribution in [2.75, 3.05) is 7.11 Å². The summed E-state index contributed by atoms with van der Waals surface area (Å²) in [7, 11) is 1.24. The van der Waals surface area contributed by atoms with Gasteiger partial charge in [0.15, 0.2) is 0 Å². The Bertz CT molecular complexity index is 217. The van der Waals surface area contributed by atoms with Crippen LogP contribution in [0.15, 0.2) is 0 Å². The van der Waals surface area contributed by atoms with E-state index in [-0.39, 0.29) is 12.3 Å². The number of hydrogen-bond acceptors (Lipinski definition) is 3. The molecule has 0 bridgehead atoms. The molecular formula is C8H11NO3. The van der Waals surface area contributed by atoms with Gasteiger partial charge in [0.05, 0.1) is 7.11 Å². The van der Waals surface area contributed by atoms with E-state index in [4.69, 9.17) is 6.42 Å². The van der Waals surface area contributed by atoms with Crippen molar-refractivity contribution in [3.63, 3.8) is 0 Å². The van der Waals surface area contributed by atoms with E-state index in [9.17, 15) is 9.59 Å². The van der Waals surface area contributed by atoms with E-state index in [0.717, 1.165) is 0 Å². The van der Waals surface area contributed by atoms with E-state index >= 15 is 0 Å². The monoisotopic (exact) mass is 169 g/mol. The number of hydrogen-bond donors (Lipinski definition) is 1. The first-order valence-corrected chi connectivity index (χ1v) is 3.40. The first-order chi connectivity index (χ1) is 5.61. The third-order valence-electron chi connectivity index (χ3n) is 1.19. The van der Waals surface area contributed by atoms with Crippen LogP contribution in [0, 0.1) is 12.3 Å². The van der Waals surface area contributed by atoms with Crippen molar-refractivity contribution in [3.8, 4) is 12.3 Å². The van der Waals surface area contributed by atoms with Gasteiger partial charge >= 0.3 is 5.97 Å². The third kappa shape index (κ3) is 3.62. The molecule has 0 saturated carbocycles. The number of rotatable bonds is 3. The molecular weight excluding hydrogens is 158 g/mol. The average Bonchev–Trinajstić information content (AvgIpc) is 2.01. The molecule has 1 unspecified atom stereocenters. The summed E-state index contributed by atoms with van der Waals surface area (Å²) in [5, 5.41) is 2.38. The van der Waals surface area contributed by atoms with E-state index in [1.54, 1.807) is 0 Å². The van der Waals surface area contributed by atoms with E-state index in [1.165, 1.54) is 14.0 Å². The minimum Gasteiger partial charge on any atom is -0.467 e. The molecule has 0 aromatic rings. The van der Waals surface area contributed by atoms with Gasteiger partial charge in [0.2, 0.25) is 5.91 Å².